The zero-order valence-electron chi connectivity index (χ0n) is 20.4. The van der Waals surface area contributed by atoms with Gasteiger partial charge in [0.25, 0.3) is 0 Å². The highest BCUT2D eigenvalue weighted by molar-refractivity contribution is 7.93. The van der Waals surface area contributed by atoms with Crippen molar-refractivity contribution in [1.82, 2.24) is 0 Å². The first kappa shape index (κ1) is 24.4. The van der Waals surface area contributed by atoms with Crippen molar-refractivity contribution in [3.8, 4) is 0 Å². The molecule has 4 aliphatic rings. The summed E-state index contributed by atoms with van der Waals surface area (Å²) in [5.41, 5.74) is 0.707. The second kappa shape index (κ2) is 9.17. The minimum atomic E-state index is -3.90. The first-order chi connectivity index (χ1) is 15.1. The minimum absolute atomic E-state index is 0.224. The van der Waals surface area contributed by atoms with Gasteiger partial charge in [0.15, 0.2) is 9.84 Å². The van der Waals surface area contributed by atoms with Crippen LogP contribution in [0.15, 0.2) is 22.8 Å². The summed E-state index contributed by atoms with van der Waals surface area (Å²) in [5.74, 6) is 2.55. The largest absolute Gasteiger partial charge is 0.393 e. The smallest absolute Gasteiger partial charge is 0.223 e. The van der Waals surface area contributed by atoms with E-state index in [0.717, 1.165) is 25.2 Å². The molecule has 1 heterocycles. The number of allylic oxidation sites excluding steroid dienone is 1. The zero-order chi connectivity index (χ0) is 23.3. The Morgan fingerprint density at radius 2 is 1.88 bits per heavy atom. The van der Waals surface area contributed by atoms with Gasteiger partial charge in [-0.3, -0.25) is 0 Å². The molecule has 0 aromatic rings. The van der Waals surface area contributed by atoms with Gasteiger partial charge in [-0.1, -0.05) is 58.6 Å². The van der Waals surface area contributed by atoms with Crippen LogP contribution < -0.4 is 0 Å². The average Bonchev–Trinajstić information content (AvgIpc) is 3.16. The normalized spacial score (nSPS) is 41.2. The number of hydrogen-bond donors (Lipinski definition) is 1. The van der Waals surface area contributed by atoms with Gasteiger partial charge in [-0.2, -0.15) is 0 Å². The molecule has 4 rings (SSSR count). The van der Waals surface area contributed by atoms with E-state index in [1.165, 1.54) is 37.7 Å². The molecule has 0 aromatic carbocycles. The lowest BCUT2D eigenvalue weighted by molar-refractivity contribution is 0.0926. The molecule has 1 aliphatic heterocycles. The highest BCUT2D eigenvalue weighted by atomic mass is 32.2. The van der Waals surface area contributed by atoms with Gasteiger partial charge in [0.1, 0.15) is 5.25 Å². The Bertz CT molecular complexity index is 873. The third-order valence-electron chi connectivity index (χ3n) is 9.41. The van der Waals surface area contributed by atoms with E-state index >= 15 is 0 Å². The summed E-state index contributed by atoms with van der Waals surface area (Å²) in [7, 11) is -3.90. The number of sulfone groups is 1. The molecule has 2 fully saturated rings. The molecule has 3 aliphatic carbocycles. The van der Waals surface area contributed by atoms with Gasteiger partial charge in [0, 0.05) is 0 Å². The van der Waals surface area contributed by atoms with E-state index in [2.05, 4.69) is 27.7 Å². The van der Waals surface area contributed by atoms with E-state index in [0.29, 0.717) is 48.2 Å². The fourth-order valence-corrected chi connectivity index (χ4v) is 9.64. The van der Waals surface area contributed by atoms with Crippen LogP contribution in [0, 0.1) is 29.1 Å². The van der Waals surface area contributed by atoms with Crippen LogP contribution in [0.2, 0.25) is 0 Å². The molecule has 3 nitrogen and oxygen atoms in total. The fraction of sp³-hybridized carbons (Fsp3) is 0.852. The average molecular weight is 467 g/mol. The van der Waals surface area contributed by atoms with E-state index in [-0.39, 0.29) is 5.41 Å². The summed E-state index contributed by atoms with van der Waals surface area (Å²) in [4.78, 5) is 0. The Hall–Kier alpha value is -0.680. The van der Waals surface area contributed by atoms with Crippen LogP contribution in [-0.4, -0.2) is 30.4 Å². The molecule has 1 unspecified atom stereocenters. The van der Waals surface area contributed by atoms with Crippen LogP contribution in [0.1, 0.15) is 98.3 Å². The molecular formula is C27H43FO3S. The van der Waals surface area contributed by atoms with E-state index in [9.17, 15) is 17.9 Å². The molecule has 0 radical (unpaired) electrons. The molecule has 0 aromatic heterocycles. The van der Waals surface area contributed by atoms with Gasteiger partial charge >= 0.3 is 0 Å². The maximum absolute atomic E-state index is 14.9. The van der Waals surface area contributed by atoms with E-state index in [1.807, 2.05) is 6.08 Å². The number of rotatable bonds is 6. The van der Waals surface area contributed by atoms with Gasteiger partial charge in [0.2, 0.25) is 5.50 Å². The van der Waals surface area contributed by atoms with Crippen molar-refractivity contribution >= 4 is 9.84 Å². The maximum Gasteiger partial charge on any atom is 0.223 e. The van der Waals surface area contributed by atoms with Gasteiger partial charge in [-0.15, -0.1) is 0 Å². The first-order valence-corrected chi connectivity index (χ1v) is 14.6. The fourth-order valence-electron chi connectivity index (χ4n) is 7.71. The lowest BCUT2D eigenvalue weighted by atomic mass is 9.60. The summed E-state index contributed by atoms with van der Waals surface area (Å²) in [5, 5.41) is 9.30. The van der Waals surface area contributed by atoms with Crippen LogP contribution >= 0.6 is 0 Å². The Labute approximate surface area is 194 Å². The Morgan fingerprint density at radius 1 is 1.12 bits per heavy atom. The molecule has 7 atom stereocenters. The molecule has 5 heteroatoms. The summed E-state index contributed by atoms with van der Waals surface area (Å²) in [6.07, 6.45) is 12.0. The van der Waals surface area contributed by atoms with E-state index in [4.69, 9.17) is 0 Å². The molecule has 0 spiro atoms. The molecular weight excluding hydrogens is 423 g/mol. The van der Waals surface area contributed by atoms with Crippen molar-refractivity contribution in [2.75, 3.05) is 0 Å². The van der Waals surface area contributed by atoms with E-state index in [1.54, 1.807) is 0 Å². The lowest BCUT2D eigenvalue weighted by Gasteiger charge is -2.44. The van der Waals surface area contributed by atoms with Crippen molar-refractivity contribution in [1.29, 1.82) is 0 Å². The minimum Gasteiger partial charge on any atom is -0.393 e. The van der Waals surface area contributed by atoms with Crippen LogP contribution in [0.25, 0.3) is 0 Å². The van der Waals surface area contributed by atoms with Crippen LogP contribution in [-0.2, 0) is 9.84 Å². The monoisotopic (exact) mass is 466 g/mol. The SMILES string of the molecule is CC(C)CCC[C@@H](C)[C@H]1CC[C@H]2/C(=C/C3C4=C(CC[C@H](O)C4)[C@@H](F)S3(=O)=O)CCC[C@]12C. The predicted octanol–water partition coefficient (Wildman–Crippen LogP) is 6.53. The lowest BCUT2D eigenvalue weighted by Crippen LogP contribution is -2.36. The van der Waals surface area contributed by atoms with Crippen LogP contribution in [0.3, 0.4) is 0 Å². The Balaban J connectivity index is 1.57. The number of alkyl halides is 1. The number of aliphatic hydroxyl groups excluding tert-OH is 1. The van der Waals surface area contributed by atoms with Gasteiger partial charge < -0.3 is 5.11 Å². The summed E-state index contributed by atoms with van der Waals surface area (Å²) < 4.78 is 40.9. The van der Waals surface area contributed by atoms with E-state index < -0.39 is 26.7 Å². The standard InChI is InChI=1S/C27H43FO3S/c1-17(2)7-5-8-18(3)23-12-13-24-19(9-6-14-27(23,24)4)15-25-22-16-20(29)10-11-21(22)26(28)32(25,30)31/h15,17-18,20,23-26,29H,5-14,16H2,1-4H3/b19-15+/t18-,20+,23-,24+,25?,26+,27-/m1/s1. The summed E-state index contributed by atoms with van der Waals surface area (Å²) in [6, 6.07) is 0. The second-order valence-corrected chi connectivity index (χ2v) is 14.0. The molecule has 2 saturated carbocycles. The molecule has 0 saturated heterocycles. The summed E-state index contributed by atoms with van der Waals surface area (Å²) in [6.45, 7) is 9.45. The first-order valence-electron chi connectivity index (χ1n) is 13.0. The number of fused-ring (bicyclic) bond motifs is 1. The highest BCUT2D eigenvalue weighted by Crippen LogP contribution is 2.60. The van der Waals surface area contributed by atoms with Crippen molar-refractivity contribution in [3.63, 3.8) is 0 Å². The topological polar surface area (TPSA) is 54.4 Å². The number of halogens is 1. The van der Waals surface area contributed by atoms with Crippen molar-refractivity contribution in [2.24, 2.45) is 29.1 Å². The second-order valence-electron chi connectivity index (χ2n) is 11.9. The molecule has 0 bridgehead atoms. The number of hydrogen-bond acceptors (Lipinski definition) is 3. The zero-order valence-corrected chi connectivity index (χ0v) is 21.3. The van der Waals surface area contributed by atoms with Gasteiger partial charge in [-0.25, -0.2) is 12.8 Å². The molecule has 32 heavy (non-hydrogen) atoms. The third kappa shape index (κ3) is 4.26. The number of aliphatic hydroxyl groups is 1. The third-order valence-corrected chi connectivity index (χ3v) is 11.4. The van der Waals surface area contributed by atoms with Crippen molar-refractivity contribution in [3.05, 3.63) is 22.8 Å². The maximum atomic E-state index is 14.9. The molecule has 0 amide bonds. The molecule has 1 N–H and O–H groups in total. The van der Waals surface area contributed by atoms with Gasteiger partial charge in [-0.05, 0) is 91.6 Å². The van der Waals surface area contributed by atoms with Crippen molar-refractivity contribution < 1.29 is 17.9 Å². The Kier molecular flexibility index (Phi) is 7.00. The molecule has 182 valence electrons. The highest BCUT2D eigenvalue weighted by Gasteiger charge is 2.52. The Morgan fingerprint density at radius 3 is 2.59 bits per heavy atom. The predicted molar refractivity (Wildman–Crippen MR) is 129 cm³/mol. The quantitative estimate of drug-likeness (QED) is 0.453. The van der Waals surface area contributed by atoms with Gasteiger partial charge in [0.05, 0.1) is 6.10 Å². The van der Waals surface area contributed by atoms with Crippen LogP contribution in [0.5, 0.6) is 0 Å². The summed E-state index contributed by atoms with van der Waals surface area (Å²) >= 11 is 0. The van der Waals surface area contributed by atoms with Crippen molar-refractivity contribution in [2.45, 2.75) is 115 Å². The van der Waals surface area contributed by atoms with Crippen LogP contribution in [0.4, 0.5) is 4.39 Å².